The fourth-order valence-corrected chi connectivity index (χ4v) is 2.35. The van der Waals surface area contributed by atoms with E-state index in [9.17, 15) is 9.59 Å². The van der Waals surface area contributed by atoms with E-state index in [4.69, 9.17) is 15.0 Å². The number of aliphatic imine (C=N–C) groups is 1. The van der Waals surface area contributed by atoms with Crippen LogP contribution in [0.25, 0.3) is 10.4 Å². The number of rotatable bonds is 5. The van der Waals surface area contributed by atoms with Crippen molar-refractivity contribution in [2.75, 3.05) is 25.8 Å². The molecule has 1 aliphatic heterocycles. The van der Waals surface area contributed by atoms with E-state index in [0.717, 1.165) is 0 Å². The number of carbonyl (C=O) groups is 1. The van der Waals surface area contributed by atoms with Crippen LogP contribution in [0.15, 0.2) is 68.6 Å². The van der Waals surface area contributed by atoms with Gasteiger partial charge in [-0.05, 0) is 34.7 Å². The highest BCUT2D eigenvalue weighted by Gasteiger charge is 2.20. The van der Waals surface area contributed by atoms with Crippen molar-refractivity contribution in [3.63, 3.8) is 0 Å². The van der Waals surface area contributed by atoms with Gasteiger partial charge in [0.25, 0.3) is 5.91 Å². The predicted molar refractivity (Wildman–Crippen MR) is 123 cm³/mol. The SMILES string of the molecule is COc1cccc(N2N=NCC2=O)c1.COc1cccc(N=C=O)c1.C[Si](C)(C)N=[N+]=[N-]. The van der Waals surface area contributed by atoms with E-state index >= 15 is 0 Å². The van der Waals surface area contributed by atoms with Gasteiger partial charge in [0.1, 0.15) is 26.3 Å². The normalized spacial score (nSPS) is 11.7. The van der Waals surface area contributed by atoms with Gasteiger partial charge in [-0.3, -0.25) is 4.79 Å². The lowest BCUT2D eigenvalue weighted by Gasteiger charge is -2.10. The summed E-state index contributed by atoms with van der Waals surface area (Å²) in [6.45, 7) is 6.10. The van der Waals surface area contributed by atoms with Crippen molar-refractivity contribution in [1.29, 1.82) is 0 Å². The summed E-state index contributed by atoms with van der Waals surface area (Å²) in [6, 6.07) is 14.0. The van der Waals surface area contributed by atoms with E-state index < -0.39 is 8.24 Å². The molecule has 0 N–H and O–H groups in total. The average molecular weight is 456 g/mol. The Morgan fingerprint density at radius 1 is 1.09 bits per heavy atom. The number of benzene rings is 2. The minimum atomic E-state index is -1.45. The second-order valence-corrected chi connectivity index (χ2v) is 11.6. The smallest absolute Gasteiger partial charge is 0.272 e. The number of hydrogen-bond donors (Lipinski definition) is 0. The van der Waals surface area contributed by atoms with E-state index in [-0.39, 0.29) is 12.5 Å². The first-order valence-corrected chi connectivity index (χ1v) is 12.8. The topological polar surface area (TPSA) is 142 Å². The Balaban J connectivity index is 0.000000256. The highest BCUT2D eigenvalue weighted by Crippen LogP contribution is 2.23. The first-order valence-electron chi connectivity index (χ1n) is 9.36. The monoisotopic (exact) mass is 455 g/mol. The van der Waals surface area contributed by atoms with Crippen molar-refractivity contribution in [2.45, 2.75) is 19.6 Å². The van der Waals surface area contributed by atoms with Crippen LogP contribution in [0.5, 0.6) is 11.5 Å². The molecule has 0 radical (unpaired) electrons. The molecular formula is C20H25N7O4Si. The molecule has 2 aromatic rings. The third kappa shape index (κ3) is 9.68. The minimum absolute atomic E-state index is 0.122. The summed E-state index contributed by atoms with van der Waals surface area (Å²) in [4.78, 5) is 27.2. The zero-order valence-corrected chi connectivity index (χ0v) is 19.6. The van der Waals surface area contributed by atoms with Crippen LogP contribution in [0.2, 0.25) is 19.6 Å². The van der Waals surface area contributed by atoms with Crippen LogP contribution in [0, 0.1) is 0 Å². The van der Waals surface area contributed by atoms with E-state index in [1.165, 1.54) is 11.1 Å². The summed E-state index contributed by atoms with van der Waals surface area (Å²) < 4.78 is 13.5. The van der Waals surface area contributed by atoms with Crippen molar-refractivity contribution in [2.24, 2.45) is 20.1 Å². The summed E-state index contributed by atoms with van der Waals surface area (Å²) >= 11 is 0. The first-order chi connectivity index (χ1) is 15.2. The quantitative estimate of drug-likeness (QED) is 0.152. The summed E-state index contributed by atoms with van der Waals surface area (Å²) in [7, 11) is 1.69. The fraction of sp³-hybridized carbons (Fsp3) is 0.300. The third-order valence-corrected chi connectivity index (χ3v) is 4.16. The van der Waals surface area contributed by atoms with Gasteiger partial charge in [-0.1, -0.05) is 37.0 Å². The molecule has 1 heterocycles. The lowest BCUT2D eigenvalue weighted by molar-refractivity contribution is -0.116. The van der Waals surface area contributed by atoms with Gasteiger partial charge < -0.3 is 9.47 Å². The van der Waals surface area contributed by atoms with Crippen molar-refractivity contribution >= 4 is 31.6 Å². The second kappa shape index (κ2) is 13.3. The summed E-state index contributed by atoms with van der Waals surface area (Å²) in [6.07, 6.45) is 1.45. The molecule has 1 aliphatic rings. The predicted octanol–water partition coefficient (Wildman–Crippen LogP) is 5.20. The molecule has 0 bridgehead atoms. The zero-order valence-electron chi connectivity index (χ0n) is 18.6. The molecular weight excluding hydrogens is 430 g/mol. The average Bonchev–Trinajstić information content (AvgIpc) is 3.20. The lowest BCUT2D eigenvalue weighted by atomic mass is 10.3. The molecule has 0 atom stereocenters. The van der Waals surface area contributed by atoms with Crippen LogP contribution < -0.4 is 14.5 Å². The van der Waals surface area contributed by atoms with E-state index in [1.54, 1.807) is 62.8 Å². The Morgan fingerprint density at radius 3 is 2.19 bits per heavy atom. The molecule has 0 unspecified atom stereocenters. The molecule has 3 rings (SSSR count). The van der Waals surface area contributed by atoms with Crippen LogP contribution >= 0.6 is 0 Å². The van der Waals surface area contributed by atoms with Crippen LogP contribution in [0.1, 0.15) is 0 Å². The number of methoxy groups -OCH3 is 2. The van der Waals surface area contributed by atoms with E-state index in [2.05, 4.69) is 25.0 Å². The number of anilines is 1. The van der Waals surface area contributed by atoms with Gasteiger partial charge in [-0.15, -0.1) is 4.78 Å². The van der Waals surface area contributed by atoms with Crippen LogP contribution in [-0.2, 0) is 9.59 Å². The Bertz CT molecular complexity index is 1030. The van der Waals surface area contributed by atoms with Crippen molar-refractivity contribution < 1.29 is 19.1 Å². The highest BCUT2D eigenvalue weighted by atomic mass is 28.3. The Kier molecular flexibility index (Phi) is 10.9. The number of hydrogen-bond acceptors (Lipinski definition) is 8. The summed E-state index contributed by atoms with van der Waals surface area (Å²) in [5, 5.41) is 8.62. The third-order valence-electron chi connectivity index (χ3n) is 3.47. The number of carbonyl (C=O) groups excluding carboxylic acids is 2. The van der Waals surface area contributed by atoms with Gasteiger partial charge in [0.05, 0.1) is 25.6 Å². The molecule has 2 aromatic carbocycles. The Labute approximate surface area is 187 Å². The molecule has 0 saturated heterocycles. The van der Waals surface area contributed by atoms with Gasteiger partial charge in [0.2, 0.25) is 6.08 Å². The van der Waals surface area contributed by atoms with E-state index in [1.807, 2.05) is 19.6 Å². The maximum absolute atomic E-state index is 11.3. The van der Waals surface area contributed by atoms with Crippen LogP contribution in [0.3, 0.4) is 0 Å². The van der Waals surface area contributed by atoms with Crippen LogP contribution in [-0.4, -0.2) is 41.0 Å². The molecule has 12 heteroatoms. The molecule has 11 nitrogen and oxygen atoms in total. The van der Waals surface area contributed by atoms with Crippen molar-refractivity contribution in [1.82, 2.24) is 0 Å². The number of azide groups is 1. The molecule has 0 aromatic heterocycles. The van der Waals surface area contributed by atoms with E-state index in [0.29, 0.717) is 22.9 Å². The van der Waals surface area contributed by atoms with Crippen LogP contribution in [0.4, 0.5) is 11.4 Å². The van der Waals surface area contributed by atoms with Gasteiger partial charge in [0, 0.05) is 12.1 Å². The molecule has 0 saturated carbocycles. The second-order valence-electron chi connectivity index (χ2n) is 7.06. The first kappa shape index (κ1) is 26.1. The lowest BCUT2D eigenvalue weighted by Crippen LogP contribution is -2.21. The van der Waals surface area contributed by atoms with Crippen molar-refractivity contribution in [3.05, 3.63) is 59.0 Å². The highest BCUT2D eigenvalue weighted by molar-refractivity contribution is 6.74. The Morgan fingerprint density at radius 2 is 1.72 bits per heavy atom. The van der Waals surface area contributed by atoms with Crippen molar-refractivity contribution in [3.8, 4) is 11.5 Å². The standard InChI is InChI=1S/C9H9N3O2.C8H7NO2.C3H9N3Si/c1-14-8-4-2-3-7(5-8)12-9(13)6-10-11-12;1-11-8-4-2-3-7(5-8)9-6-10;1-7(2,3)6-5-4/h2-5H,6H2,1H3;2-5H,1H3;1-3H3. The minimum Gasteiger partial charge on any atom is -0.497 e. The maximum atomic E-state index is 11.3. The summed E-state index contributed by atoms with van der Waals surface area (Å²) in [5.41, 5.74) is 9.13. The Hall–Kier alpha value is -3.98. The largest absolute Gasteiger partial charge is 0.497 e. The zero-order chi connectivity index (χ0) is 24.0. The van der Waals surface area contributed by atoms with Gasteiger partial charge >= 0.3 is 0 Å². The van der Waals surface area contributed by atoms with Gasteiger partial charge in [0.15, 0.2) is 0 Å². The number of ether oxygens (including phenoxy) is 2. The molecule has 0 spiro atoms. The molecule has 32 heavy (non-hydrogen) atoms. The van der Waals surface area contributed by atoms with Gasteiger partial charge in [-0.2, -0.15) is 15.1 Å². The number of nitrogens with zero attached hydrogens (tertiary/aromatic N) is 7. The molecule has 0 aliphatic carbocycles. The summed E-state index contributed by atoms with van der Waals surface area (Å²) in [5.74, 6) is 1.25. The fourth-order valence-electron chi connectivity index (χ4n) is 2.08. The molecule has 1 amide bonds. The maximum Gasteiger partial charge on any atom is 0.272 e. The number of amides is 1. The molecule has 0 fully saturated rings. The number of isocyanates is 1. The molecule has 168 valence electrons. The van der Waals surface area contributed by atoms with Gasteiger partial charge in [-0.25, -0.2) is 4.79 Å².